The van der Waals surface area contributed by atoms with Gasteiger partial charge in [0.1, 0.15) is 5.82 Å². The number of nitrogens with zero attached hydrogens (tertiary/aromatic N) is 1. The fourth-order valence-electron chi connectivity index (χ4n) is 4.70. The number of pyridine rings is 1. The van der Waals surface area contributed by atoms with Gasteiger partial charge in [0, 0.05) is 28.2 Å². The average Bonchev–Trinajstić information content (AvgIpc) is 2.66. The highest BCUT2D eigenvalue weighted by Gasteiger charge is 2.52. The molecular weight excluding hydrogens is 394 g/mol. The van der Waals surface area contributed by atoms with Crippen molar-refractivity contribution in [3.05, 3.63) is 28.7 Å². The topological polar surface area (TPSA) is 77.2 Å². The van der Waals surface area contributed by atoms with Crippen molar-refractivity contribution in [1.82, 2.24) is 4.98 Å². The molecule has 0 aliphatic heterocycles. The molecule has 2 bridgehead atoms. The van der Waals surface area contributed by atoms with Gasteiger partial charge in [-0.3, -0.25) is 4.79 Å². The third-order valence-corrected chi connectivity index (χ3v) is 6.96. The molecule has 3 aliphatic rings. The molecule has 3 fully saturated rings. The van der Waals surface area contributed by atoms with E-state index in [-0.39, 0.29) is 16.8 Å². The number of ether oxygens (including phenoxy) is 1. The minimum absolute atomic E-state index is 0.0164. The number of fused-ring (bicyclic) bond motifs is 4. The van der Waals surface area contributed by atoms with E-state index in [1.807, 2.05) is 18.2 Å². The predicted molar refractivity (Wildman–Crippen MR) is 107 cm³/mol. The van der Waals surface area contributed by atoms with Crippen LogP contribution in [0, 0.1) is 10.8 Å². The molecule has 26 heavy (non-hydrogen) atoms. The smallest absolute Gasteiger partial charge is 0.311 e. The minimum Gasteiger partial charge on any atom is -0.469 e. The number of nitrogens with two attached hydrogens (primary N) is 1. The molecule has 138 valence electrons. The Morgan fingerprint density at radius 1 is 1.23 bits per heavy atom. The molecule has 3 aliphatic carbocycles. The van der Waals surface area contributed by atoms with Crippen LogP contribution in [0.5, 0.6) is 0 Å². The van der Waals surface area contributed by atoms with Crippen molar-refractivity contribution < 1.29 is 9.53 Å². The van der Waals surface area contributed by atoms with Gasteiger partial charge in [-0.25, -0.2) is 4.98 Å². The molecule has 5 rings (SSSR count). The first-order valence-electron chi connectivity index (χ1n) is 9.14. The molecule has 2 aromatic rings. The molecule has 3 N–H and O–H groups in total. The average molecular weight is 418 g/mol. The Balaban J connectivity index is 1.52. The summed E-state index contributed by atoms with van der Waals surface area (Å²) in [5.74, 6) is 0.504. The van der Waals surface area contributed by atoms with E-state index < -0.39 is 0 Å². The Morgan fingerprint density at radius 3 is 2.58 bits per heavy atom. The van der Waals surface area contributed by atoms with Gasteiger partial charge in [-0.2, -0.15) is 0 Å². The van der Waals surface area contributed by atoms with Crippen LogP contribution >= 0.6 is 15.9 Å². The van der Waals surface area contributed by atoms with Crippen LogP contribution in [0.25, 0.3) is 10.9 Å². The number of rotatable bonds is 4. The molecule has 0 radical (unpaired) electrons. The molecule has 6 heteroatoms. The SMILES string of the molecule is COC(=O)C12CCC(CNc3cc(N)nc4cc(Br)ccc34)(CC1)CC2. The van der Waals surface area contributed by atoms with Crippen LogP contribution < -0.4 is 11.1 Å². The van der Waals surface area contributed by atoms with Crippen molar-refractivity contribution in [3.8, 4) is 0 Å². The Kier molecular flexibility index (Phi) is 4.34. The molecule has 0 spiro atoms. The predicted octanol–water partition coefficient (Wildman–Crippen LogP) is 4.51. The Hall–Kier alpha value is -1.82. The summed E-state index contributed by atoms with van der Waals surface area (Å²) >= 11 is 3.49. The number of carbonyl (C=O) groups excluding carboxylic acids is 1. The van der Waals surface area contributed by atoms with Crippen LogP contribution in [0.4, 0.5) is 11.5 Å². The summed E-state index contributed by atoms with van der Waals surface area (Å²) in [6, 6.07) is 7.99. The van der Waals surface area contributed by atoms with Crippen molar-refractivity contribution in [1.29, 1.82) is 0 Å². The van der Waals surface area contributed by atoms with Gasteiger partial charge in [-0.05, 0) is 62.1 Å². The zero-order valence-electron chi connectivity index (χ0n) is 15.0. The zero-order valence-corrected chi connectivity index (χ0v) is 16.6. The van der Waals surface area contributed by atoms with E-state index in [2.05, 4.69) is 32.3 Å². The Morgan fingerprint density at radius 2 is 1.92 bits per heavy atom. The number of aromatic nitrogens is 1. The van der Waals surface area contributed by atoms with E-state index in [1.165, 1.54) is 7.11 Å². The third-order valence-electron chi connectivity index (χ3n) is 6.47. The van der Waals surface area contributed by atoms with Crippen LogP contribution in [0.3, 0.4) is 0 Å². The molecule has 0 saturated heterocycles. The first-order valence-corrected chi connectivity index (χ1v) is 9.93. The summed E-state index contributed by atoms with van der Waals surface area (Å²) in [6.07, 6.45) is 6.02. The van der Waals surface area contributed by atoms with Gasteiger partial charge in [0.05, 0.1) is 18.0 Å². The normalized spacial score (nSPS) is 27.5. The van der Waals surface area contributed by atoms with Crippen molar-refractivity contribution >= 4 is 44.3 Å². The number of carbonyl (C=O) groups is 1. The van der Waals surface area contributed by atoms with Crippen LogP contribution in [0.1, 0.15) is 38.5 Å². The van der Waals surface area contributed by atoms with Crippen molar-refractivity contribution in [2.75, 3.05) is 24.7 Å². The molecule has 0 atom stereocenters. The first-order chi connectivity index (χ1) is 12.5. The summed E-state index contributed by atoms with van der Waals surface area (Å²) < 4.78 is 6.05. The van der Waals surface area contributed by atoms with Crippen molar-refractivity contribution in [3.63, 3.8) is 0 Å². The number of methoxy groups -OCH3 is 1. The van der Waals surface area contributed by atoms with Gasteiger partial charge in [0.2, 0.25) is 0 Å². The lowest BCUT2D eigenvalue weighted by molar-refractivity contribution is -0.162. The summed E-state index contributed by atoms with van der Waals surface area (Å²) in [5.41, 5.74) is 7.96. The fourth-order valence-corrected chi connectivity index (χ4v) is 5.05. The van der Waals surface area contributed by atoms with Gasteiger partial charge < -0.3 is 15.8 Å². The van der Waals surface area contributed by atoms with E-state index >= 15 is 0 Å². The fraction of sp³-hybridized carbons (Fsp3) is 0.500. The number of benzene rings is 1. The maximum Gasteiger partial charge on any atom is 0.311 e. The standard InChI is InChI=1S/C20H24BrN3O2/c1-26-18(25)20-7-4-19(5-8-20,6-9-20)12-23-15-11-17(22)24-16-10-13(21)2-3-14(15)16/h2-3,10-11H,4-9,12H2,1H3,(H3,22,23,24). The quantitative estimate of drug-likeness (QED) is 0.715. The molecule has 5 nitrogen and oxygen atoms in total. The number of hydrogen-bond acceptors (Lipinski definition) is 5. The third kappa shape index (κ3) is 2.94. The molecule has 1 aromatic heterocycles. The maximum atomic E-state index is 12.2. The lowest BCUT2D eigenvalue weighted by Gasteiger charge is -2.52. The Bertz CT molecular complexity index is 838. The van der Waals surface area contributed by atoms with Crippen LogP contribution in [-0.2, 0) is 9.53 Å². The number of halogens is 1. The van der Waals surface area contributed by atoms with Crippen molar-refractivity contribution in [2.45, 2.75) is 38.5 Å². The largest absolute Gasteiger partial charge is 0.469 e. The molecule has 3 saturated carbocycles. The van der Waals surface area contributed by atoms with Crippen molar-refractivity contribution in [2.24, 2.45) is 10.8 Å². The van der Waals surface area contributed by atoms with Crippen LogP contribution in [0.15, 0.2) is 28.7 Å². The van der Waals surface area contributed by atoms with Gasteiger partial charge in [0.25, 0.3) is 0 Å². The second-order valence-corrected chi connectivity index (χ2v) is 8.80. The summed E-state index contributed by atoms with van der Waals surface area (Å²) in [6.45, 7) is 0.902. The lowest BCUT2D eigenvalue weighted by Crippen LogP contribution is -2.48. The van der Waals surface area contributed by atoms with Gasteiger partial charge >= 0.3 is 5.97 Å². The number of hydrogen-bond donors (Lipinski definition) is 2. The summed E-state index contributed by atoms with van der Waals surface area (Å²) in [7, 11) is 1.51. The lowest BCUT2D eigenvalue weighted by atomic mass is 9.53. The second-order valence-electron chi connectivity index (χ2n) is 7.88. The number of esters is 1. The highest BCUT2D eigenvalue weighted by atomic mass is 79.9. The molecular formula is C20H24BrN3O2. The highest BCUT2D eigenvalue weighted by molar-refractivity contribution is 9.10. The van der Waals surface area contributed by atoms with Gasteiger partial charge in [0.15, 0.2) is 0 Å². The summed E-state index contributed by atoms with van der Waals surface area (Å²) in [5, 5.41) is 4.72. The highest BCUT2D eigenvalue weighted by Crippen LogP contribution is 2.57. The molecule has 1 aromatic carbocycles. The minimum atomic E-state index is -0.226. The van der Waals surface area contributed by atoms with E-state index in [4.69, 9.17) is 10.5 Å². The number of nitrogen functional groups attached to an aromatic ring is 1. The molecule has 0 unspecified atom stereocenters. The number of nitrogens with one attached hydrogen (secondary N) is 1. The van der Waals surface area contributed by atoms with Gasteiger partial charge in [-0.1, -0.05) is 15.9 Å². The zero-order chi connectivity index (χ0) is 18.4. The molecule has 0 amide bonds. The van der Waals surface area contributed by atoms with E-state index in [1.54, 1.807) is 0 Å². The van der Waals surface area contributed by atoms with E-state index in [0.29, 0.717) is 5.82 Å². The monoisotopic (exact) mass is 417 g/mol. The molecule has 1 heterocycles. The van der Waals surface area contributed by atoms with Gasteiger partial charge in [-0.15, -0.1) is 0 Å². The Labute approximate surface area is 161 Å². The number of anilines is 2. The van der Waals surface area contributed by atoms with E-state index in [9.17, 15) is 4.79 Å². The maximum absolute atomic E-state index is 12.2. The van der Waals surface area contributed by atoms with Crippen LogP contribution in [0.2, 0.25) is 0 Å². The first kappa shape index (κ1) is 17.6. The van der Waals surface area contributed by atoms with Crippen LogP contribution in [-0.4, -0.2) is 24.6 Å². The second kappa shape index (κ2) is 6.41. The van der Waals surface area contributed by atoms with E-state index in [0.717, 1.165) is 66.1 Å². The summed E-state index contributed by atoms with van der Waals surface area (Å²) in [4.78, 5) is 16.6.